The van der Waals surface area contributed by atoms with E-state index in [1.807, 2.05) is 30.0 Å². The van der Waals surface area contributed by atoms with Gasteiger partial charge in [0.2, 0.25) is 11.2 Å². The Morgan fingerprint density at radius 3 is 1.48 bits per heavy atom. The van der Waals surface area contributed by atoms with Gasteiger partial charge >= 0.3 is 34.4 Å². The monoisotopic (exact) mass is 1380 g/mol. The molecule has 0 spiro atoms. The lowest BCUT2D eigenvalue weighted by Gasteiger charge is -2.25. The van der Waals surface area contributed by atoms with Crippen molar-refractivity contribution in [3.8, 4) is 23.6 Å². The summed E-state index contributed by atoms with van der Waals surface area (Å²) in [4.78, 5) is 35.4. The number of ether oxygens (including phenoxy) is 4. The summed E-state index contributed by atoms with van der Waals surface area (Å²) in [6.45, 7) is 4.96. The number of nitrogens with zero attached hydrogens (tertiary/aromatic N) is 10. The van der Waals surface area contributed by atoms with Crippen LogP contribution in [-0.2, 0) is 78.6 Å². The molecule has 34 nitrogen and oxygen atoms in total. The number of aliphatic hydroxyl groups excluding tert-OH is 5. The first kappa shape index (κ1) is 76.2. The number of nitrogen functional groups attached to an aromatic ring is 2. The van der Waals surface area contributed by atoms with Crippen molar-refractivity contribution in [1.29, 1.82) is 10.5 Å². The molecule has 7 heterocycles. The van der Waals surface area contributed by atoms with Gasteiger partial charge in [0.15, 0.2) is 11.6 Å². The van der Waals surface area contributed by atoms with Crippen molar-refractivity contribution < 1.29 is 94.9 Å². The number of esters is 2. The molecule has 2 aliphatic heterocycles. The van der Waals surface area contributed by atoms with Crippen molar-refractivity contribution in [3.05, 3.63) is 128 Å². The predicted molar refractivity (Wildman–Crippen MR) is 331 cm³/mol. The van der Waals surface area contributed by atoms with E-state index in [9.17, 15) is 59.3 Å². The average Bonchev–Trinajstić information content (AvgIpc) is 1.60. The second-order valence-corrected chi connectivity index (χ2v) is 26.8. The number of hydrogen-bond acceptors (Lipinski definition) is 29. The molecule has 7 aromatic rings. The number of halogens is 1. The van der Waals surface area contributed by atoms with E-state index in [0.29, 0.717) is 16.8 Å². The van der Waals surface area contributed by atoms with E-state index in [2.05, 4.69) is 48.9 Å². The van der Waals surface area contributed by atoms with Crippen molar-refractivity contribution in [2.75, 3.05) is 46.0 Å². The van der Waals surface area contributed by atoms with Crippen LogP contribution in [0.4, 0.5) is 11.6 Å². The lowest BCUT2D eigenvalue weighted by molar-refractivity contribution is -0.149. The van der Waals surface area contributed by atoms with Gasteiger partial charge in [0.25, 0.3) is 0 Å². The molecule has 2 unspecified atom stereocenters. The first-order valence-corrected chi connectivity index (χ1v) is 33.3. The van der Waals surface area contributed by atoms with E-state index in [4.69, 9.17) is 55.2 Å². The minimum Gasteiger partial charge on any atom is -0.462 e. The van der Waals surface area contributed by atoms with Crippen molar-refractivity contribution in [2.24, 2.45) is 7.05 Å². The summed E-state index contributed by atoms with van der Waals surface area (Å²) < 4.78 is 91.6. The summed E-state index contributed by atoms with van der Waals surface area (Å²) >= 11 is 5.76. The molecule has 0 saturated carbocycles. The van der Waals surface area contributed by atoms with Crippen LogP contribution in [0.1, 0.15) is 52.9 Å². The number of nitrogens with one attached hydrogen (secondary N) is 2. The molecule has 93 heavy (non-hydrogen) atoms. The highest BCUT2D eigenvalue weighted by atomic mass is 35.7. The number of nitriles is 2. The van der Waals surface area contributed by atoms with E-state index < -0.39 is 114 Å². The third-order valence-electron chi connectivity index (χ3n) is 12.9. The number of phosphoric acid groups is 1. The quantitative estimate of drug-likeness (QED) is 0.0359. The predicted octanol–water partition coefficient (Wildman–Crippen LogP) is 4.22. The Kier molecular flexibility index (Phi) is 27.9. The van der Waals surface area contributed by atoms with Gasteiger partial charge in [0.1, 0.15) is 96.0 Å². The molecule has 0 bridgehead atoms. The molecule has 5 aromatic heterocycles. The lowest BCUT2D eigenvalue weighted by Crippen LogP contribution is -2.41. The Morgan fingerprint density at radius 2 is 1.12 bits per heavy atom. The summed E-state index contributed by atoms with van der Waals surface area (Å²) in [7, 11) is -1.75. The first-order valence-electron chi connectivity index (χ1n) is 27.8. The summed E-state index contributed by atoms with van der Waals surface area (Å²) in [5.41, 5.74) is 8.78. The van der Waals surface area contributed by atoms with E-state index in [1.165, 1.54) is 81.1 Å². The summed E-state index contributed by atoms with van der Waals surface area (Å²) in [6, 6.07) is 24.5. The van der Waals surface area contributed by atoms with Gasteiger partial charge < -0.3 is 69.6 Å². The van der Waals surface area contributed by atoms with Crippen molar-refractivity contribution >= 4 is 68.3 Å². The minimum absolute atomic E-state index is 0.0926. The van der Waals surface area contributed by atoms with Crippen molar-refractivity contribution in [2.45, 2.75) is 114 Å². The Morgan fingerprint density at radius 1 is 0.688 bits per heavy atom. The normalized spacial score (nSPS) is 22.7. The van der Waals surface area contributed by atoms with Gasteiger partial charge in [-0.05, 0) is 90.1 Å². The SMILES string of the molecule is CC(C)OC(=O)[C@H](C)NP(=O)(Cl)Oc1ccccc1.CC(C)OC(=O)[C@H](C)NP(=O)(OC[C@H]1O[C@@](C#N)(c2ccc3c(N)ncnn23)[C@H](O)[C@@H]1O)Oc1ccccc1.COP(=O)(OC)OC.Cn1ccnc1.N#C[C@@]1(c2ccc3c(N)ncnn23)O[C@H](CO)[C@@H](O)[C@H]1O. The molecule has 38 heteroatoms. The van der Waals surface area contributed by atoms with Gasteiger partial charge in [0.05, 0.1) is 43.1 Å². The fourth-order valence-corrected chi connectivity index (χ4v) is 12.1. The third-order valence-corrected chi connectivity index (χ3v) is 17.5. The number of anilines is 2. The maximum absolute atomic E-state index is 13.7. The average molecular weight is 1380 g/mol. The molecule has 11 N–H and O–H groups in total. The number of aromatic nitrogens is 8. The highest BCUT2D eigenvalue weighted by molar-refractivity contribution is 7.84. The molecule has 12 atom stereocenters. The second-order valence-electron chi connectivity index (χ2n) is 20.4. The number of aryl methyl sites for hydroxylation is 1. The fourth-order valence-electron chi connectivity index (χ4n) is 8.43. The molecule has 9 rings (SSSR count). The van der Waals surface area contributed by atoms with Gasteiger partial charge in [-0.1, -0.05) is 36.4 Å². The van der Waals surface area contributed by atoms with Gasteiger partial charge in [-0.2, -0.15) is 25.8 Å². The number of carbonyl (C=O) groups is 2. The minimum atomic E-state index is -4.30. The molecular weight excluding hydrogens is 1310 g/mol. The number of rotatable bonds is 21. The lowest BCUT2D eigenvalue weighted by atomic mass is 9.92. The zero-order valence-electron chi connectivity index (χ0n) is 51.9. The maximum atomic E-state index is 13.7. The number of aliphatic hydroxyl groups is 5. The highest BCUT2D eigenvalue weighted by Crippen LogP contribution is 2.50. The summed E-state index contributed by atoms with van der Waals surface area (Å²) in [5.74, 6) is -0.356. The van der Waals surface area contributed by atoms with Crippen LogP contribution in [0, 0.1) is 22.7 Å². The molecule has 0 amide bonds. The second kappa shape index (κ2) is 34.0. The van der Waals surface area contributed by atoms with Crippen LogP contribution in [0.25, 0.3) is 11.0 Å². The zero-order chi connectivity index (χ0) is 69.1. The Bertz CT molecular complexity index is 3760. The molecule has 0 aliphatic carbocycles. The number of imidazole rings is 1. The van der Waals surface area contributed by atoms with E-state index in [-0.39, 0.29) is 34.9 Å². The number of nitrogens with two attached hydrogens (primary N) is 2. The van der Waals surface area contributed by atoms with Gasteiger partial charge in [-0.3, -0.25) is 27.7 Å². The maximum Gasteiger partial charge on any atom is 0.473 e. The Balaban J connectivity index is 0.000000243. The highest BCUT2D eigenvalue weighted by Gasteiger charge is 2.59. The topological polar surface area (TPSA) is 481 Å². The van der Waals surface area contributed by atoms with Crippen molar-refractivity contribution in [1.82, 2.24) is 48.9 Å². The van der Waals surface area contributed by atoms with Crippen LogP contribution in [0.2, 0.25) is 0 Å². The molecule has 2 fully saturated rings. The number of para-hydroxylation sites is 2. The number of phosphoric ester groups is 1. The van der Waals surface area contributed by atoms with Gasteiger partial charge in [-0.25, -0.2) is 42.8 Å². The van der Waals surface area contributed by atoms with E-state index in [0.717, 1.165) is 0 Å². The molecule has 2 aromatic carbocycles. The first-order chi connectivity index (χ1) is 43.9. The smallest absolute Gasteiger partial charge is 0.462 e. The summed E-state index contributed by atoms with van der Waals surface area (Å²) in [5, 5.41) is 83.6. The van der Waals surface area contributed by atoms with Gasteiger partial charge in [-0.15, -0.1) is 0 Å². The third kappa shape index (κ3) is 19.8. The van der Waals surface area contributed by atoms with Crippen LogP contribution in [0.3, 0.4) is 0 Å². The number of fused-ring (bicyclic) bond motifs is 2. The molecule has 506 valence electrons. The van der Waals surface area contributed by atoms with Crippen LogP contribution in [-0.4, -0.2) is 172 Å². The van der Waals surface area contributed by atoms with E-state index >= 15 is 0 Å². The number of hydrogen-bond donors (Lipinski definition) is 9. The standard InChI is InChI=1S/C24H29N6O8P.C12H17ClNO4P.C12H13N5O4.C4H6N2.C3H9O4P/c1-14(2)36-23(33)15(3)29-39(34,38-16-7-5-4-6-8-16)35-11-18-20(31)21(32)24(12-25,37-18)19-10-9-17-22(26)27-13-28-30(17)19;1-9(2)17-12(15)10(3)14-19(13,16)18-11-7-5-4-6-8-11;13-4-12(10(20)9(19)7(3-18)21-12)8-2-1-6-11(14)15-5-16-17(6)8;1-6-3-2-5-4-6;1-5-8(4,6-2)7-3/h4-10,13-15,18,20-21,31-32H,11H2,1-3H3,(H,29,34)(H2,26,27,28);4-10H,1-3H3,(H,14,16);1-2,5,7,9-10,18-20H,3H2,(H2,14,15,16);2-4H,1H3;1-3H3/t15-,18+,20+,21+,24-,39?;10-,19?;7-,9-,10-,12+;;/m001../s1. The Labute approximate surface area is 538 Å². The summed E-state index contributed by atoms with van der Waals surface area (Å²) in [6.07, 6.45) is -1.60. The van der Waals surface area contributed by atoms with Crippen LogP contribution in [0.5, 0.6) is 11.5 Å². The number of carbonyl (C=O) groups excluding carboxylic acids is 2. The zero-order valence-corrected chi connectivity index (χ0v) is 55.3. The van der Waals surface area contributed by atoms with Gasteiger partial charge in [0, 0.05) is 52.0 Å². The molecule has 2 saturated heterocycles. The Hall–Kier alpha value is -7.53. The number of benzene rings is 2. The van der Waals surface area contributed by atoms with Crippen molar-refractivity contribution in [3.63, 3.8) is 0 Å². The van der Waals surface area contributed by atoms with Crippen LogP contribution in [0.15, 0.2) is 116 Å². The van der Waals surface area contributed by atoms with Crippen LogP contribution < -0.4 is 30.7 Å². The van der Waals surface area contributed by atoms with E-state index in [1.54, 1.807) is 101 Å². The molecule has 2 aliphatic rings. The molecule has 0 radical (unpaired) electrons. The fraction of sp³-hybridized carbons (Fsp3) is 0.436. The molecular formula is C55H74ClN14O20P3. The largest absolute Gasteiger partial charge is 0.473 e. The van der Waals surface area contributed by atoms with Crippen LogP contribution >= 0.6 is 33.7 Å².